The second-order valence-corrected chi connectivity index (χ2v) is 5.20. The van der Waals surface area contributed by atoms with E-state index in [0.29, 0.717) is 0 Å². The maximum absolute atomic E-state index is 5.56. The number of unbranched alkanes of at least 4 members (excludes halogenated alkanes) is 5. The smallest absolute Gasteiger partial charge is 0.0415 e. The number of benzene rings is 1. The van der Waals surface area contributed by atoms with Gasteiger partial charge in [-0.05, 0) is 18.4 Å². The van der Waals surface area contributed by atoms with Gasteiger partial charge in [-0.3, -0.25) is 5.84 Å². The fourth-order valence-electron chi connectivity index (χ4n) is 2.17. The van der Waals surface area contributed by atoms with Crippen LogP contribution in [0.25, 0.3) is 0 Å². The van der Waals surface area contributed by atoms with Crippen molar-refractivity contribution < 1.29 is 0 Å². The number of hydrazine groups is 1. The third-order valence-corrected chi connectivity index (χ3v) is 3.41. The minimum Gasteiger partial charge on any atom is -0.385 e. The number of nitrogens with one attached hydrogen (secondary N) is 2. The van der Waals surface area contributed by atoms with Crippen molar-refractivity contribution in [3.8, 4) is 0 Å². The molecule has 3 nitrogen and oxygen atoms in total. The Bertz CT molecular complexity index is 360. The number of allylic oxidation sites excluding steroid dienone is 1. The van der Waals surface area contributed by atoms with Crippen molar-refractivity contribution in [1.29, 1.82) is 0 Å². The maximum Gasteiger partial charge on any atom is 0.0415 e. The SMILES string of the molecule is CCCCCCCC/C(=C/NCc1ccccc1)NN. The maximum atomic E-state index is 5.56. The van der Waals surface area contributed by atoms with Gasteiger partial charge in [0.25, 0.3) is 0 Å². The largest absolute Gasteiger partial charge is 0.385 e. The summed E-state index contributed by atoms with van der Waals surface area (Å²) in [6, 6.07) is 10.4. The number of hydrogen-bond donors (Lipinski definition) is 3. The zero-order chi connectivity index (χ0) is 14.5. The lowest BCUT2D eigenvalue weighted by Crippen LogP contribution is -2.23. The van der Waals surface area contributed by atoms with E-state index in [4.69, 9.17) is 5.84 Å². The first-order valence-electron chi connectivity index (χ1n) is 7.79. The van der Waals surface area contributed by atoms with Gasteiger partial charge in [0.1, 0.15) is 0 Å². The summed E-state index contributed by atoms with van der Waals surface area (Å²) in [5.41, 5.74) is 5.15. The van der Waals surface area contributed by atoms with Gasteiger partial charge in [-0.25, -0.2) is 0 Å². The Morgan fingerprint density at radius 1 is 1.05 bits per heavy atom. The van der Waals surface area contributed by atoms with Gasteiger partial charge in [0.15, 0.2) is 0 Å². The van der Waals surface area contributed by atoms with Crippen LogP contribution in [-0.2, 0) is 6.54 Å². The zero-order valence-electron chi connectivity index (χ0n) is 12.7. The molecule has 1 rings (SSSR count). The highest BCUT2D eigenvalue weighted by atomic mass is 15.2. The van der Waals surface area contributed by atoms with Crippen LogP contribution in [0.5, 0.6) is 0 Å². The van der Waals surface area contributed by atoms with Crippen molar-refractivity contribution >= 4 is 0 Å². The van der Waals surface area contributed by atoms with Crippen LogP contribution in [0.4, 0.5) is 0 Å². The van der Waals surface area contributed by atoms with E-state index in [1.165, 1.54) is 44.1 Å². The van der Waals surface area contributed by atoms with Crippen molar-refractivity contribution in [3.63, 3.8) is 0 Å². The Labute approximate surface area is 123 Å². The lowest BCUT2D eigenvalue weighted by molar-refractivity contribution is 0.595. The average Bonchev–Trinajstić information content (AvgIpc) is 2.50. The number of hydrogen-bond acceptors (Lipinski definition) is 3. The number of nitrogens with two attached hydrogens (primary N) is 1. The van der Waals surface area contributed by atoms with Crippen LogP contribution >= 0.6 is 0 Å². The third-order valence-electron chi connectivity index (χ3n) is 3.41. The predicted octanol–water partition coefficient (Wildman–Crippen LogP) is 3.83. The minimum absolute atomic E-state index is 0.836. The molecule has 0 aliphatic carbocycles. The van der Waals surface area contributed by atoms with Crippen molar-refractivity contribution in [1.82, 2.24) is 10.7 Å². The van der Waals surface area contributed by atoms with Crippen LogP contribution < -0.4 is 16.6 Å². The molecule has 0 bridgehead atoms. The molecule has 1 aromatic carbocycles. The highest BCUT2D eigenvalue weighted by Crippen LogP contribution is 2.09. The van der Waals surface area contributed by atoms with Crippen LogP contribution in [0.15, 0.2) is 42.2 Å². The Morgan fingerprint density at radius 2 is 1.75 bits per heavy atom. The van der Waals surface area contributed by atoms with Crippen molar-refractivity contribution in [2.75, 3.05) is 0 Å². The Hall–Kier alpha value is -1.48. The van der Waals surface area contributed by atoms with Crippen LogP contribution in [0.1, 0.15) is 57.4 Å². The molecular weight excluding hydrogens is 246 g/mol. The Kier molecular flexibility index (Phi) is 9.41. The topological polar surface area (TPSA) is 50.1 Å². The van der Waals surface area contributed by atoms with Crippen LogP contribution in [-0.4, -0.2) is 0 Å². The summed E-state index contributed by atoms with van der Waals surface area (Å²) in [6.45, 7) is 3.08. The standard InChI is InChI=1S/C17H29N3/c1-2-3-4-5-6-10-13-17(20-18)15-19-14-16-11-8-7-9-12-16/h7-9,11-12,15,19-20H,2-6,10,13-14,18H2,1H3/b17-15-. The first kappa shape index (κ1) is 16.6. The first-order chi connectivity index (χ1) is 9.86. The van der Waals surface area contributed by atoms with E-state index in [1.54, 1.807) is 0 Å². The summed E-state index contributed by atoms with van der Waals surface area (Å²) in [6.07, 6.45) is 10.9. The van der Waals surface area contributed by atoms with Gasteiger partial charge in [-0.2, -0.15) is 0 Å². The lowest BCUT2D eigenvalue weighted by Gasteiger charge is -2.08. The molecule has 0 unspecified atom stereocenters. The second kappa shape index (κ2) is 11.4. The van der Waals surface area contributed by atoms with Crippen LogP contribution in [0.2, 0.25) is 0 Å². The lowest BCUT2D eigenvalue weighted by atomic mass is 10.1. The summed E-state index contributed by atoms with van der Waals surface area (Å²) in [7, 11) is 0. The monoisotopic (exact) mass is 275 g/mol. The normalized spacial score (nSPS) is 11.4. The molecule has 0 aromatic heterocycles. The second-order valence-electron chi connectivity index (χ2n) is 5.20. The molecule has 4 N–H and O–H groups in total. The van der Waals surface area contributed by atoms with E-state index < -0.39 is 0 Å². The van der Waals surface area contributed by atoms with Gasteiger partial charge in [0, 0.05) is 18.4 Å². The summed E-state index contributed by atoms with van der Waals surface area (Å²) in [5.74, 6) is 5.56. The molecular formula is C17H29N3. The average molecular weight is 275 g/mol. The highest BCUT2D eigenvalue weighted by Gasteiger charge is 1.96. The van der Waals surface area contributed by atoms with E-state index >= 15 is 0 Å². The summed E-state index contributed by atoms with van der Waals surface area (Å²) >= 11 is 0. The molecule has 112 valence electrons. The predicted molar refractivity (Wildman–Crippen MR) is 86.7 cm³/mol. The molecule has 0 heterocycles. The first-order valence-corrected chi connectivity index (χ1v) is 7.79. The van der Waals surface area contributed by atoms with Gasteiger partial charge in [0.2, 0.25) is 0 Å². The van der Waals surface area contributed by atoms with E-state index in [1.807, 2.05) is 12.3 Å². The molecule has 1 aromatic rings. The molecule has 3 heteroatoms. The van der Waals surface area contributed by atoms with Gasteiger partial charge >= 0.3 is 0 Å². The summed E-state index contributed by atoms with van der Waals surface area (Å²) in [5, 5.41) is 3.31. The molecule has 20 heavy (non-hydrogen) atoms. The quantitative estimate of drug-likeness (QED) is 0.327. The molecule has 0 saturated heterocycles. The Morgan fingerprint density at radius 3 is 2.45 bits per heavy atom. The molecule has 0 fully saturated rings. The van der Waals surface area contributed by atoms with Crippen molar-refractivity contribution in [2.45, 2.75) is 58.4 Å². The molecule has 0 radical (unpaired) electrons. The molecule has 0 atom stereocenters. The van der Waals surface area contributed by atoms with Crippen LogP contribution in [0.3, 0.4) is 0 Å². The molecule has 0 amide bonds. The van der Waals surface area contributed by atoms with Crippen molar-refractivity contribution in [3.05, 3.63) is 47.8 Å². The fraction of sp³-hybridized carbons (Fsp3) is 0.529. The van der Waals surface area contributed by atoms with E-state index in [9.17, 15) is 0 Å². The van der Waals surface area contributed by atoms with Crippen LogP contribution in [0, 0.1) is 0 Å². The van der Waals surface area contributed by atoms with Gasteiger partial charge in [-0.1, -0.05) is 69.4 Å². The summed E-state index contributed by atoms with van der Waals surface area (Å²) < 4.78 is 0. The minimum atomic E-state index is 0.836. The van der Waals surface area contributed by atoms with Gasteiger partial charge in [0.05, 0.1) is 0 Å². The van der Waals surface area contributed by atoms with Crippen molar-refractivity contribution in [2.24, 2.45) is 5.84 Å². The third kappa shape index (κ3) is 7.85. The Balaban J connectivity index is 2.15. The zero-order valence-corrected chi connectivity index (χ0v) is 12.7. The molecule has 0 saturated carbocycles. The van der Waals surface area contributed by atoms with Gasteiger partial charge in [-0.15, -0.1) is 0 Å². The highest BCUT2D eigenvalue weighted by molar-refractivity contribution is 5.14. The van der Waals surface area contributed by atoms with E-state index in [0.717, 1.165) is 18.7 Å². The van der Waals surface area contributed by atoms with E-state index in [2.05, 4.69) is 41.9 Å². The molecule has 0 aliphatic rings. The number of rotatable bonds is 11. The fourth-order valence-corrected chi connectivity index (χ4v) is 2.17. The summed E-state index contributed by atoms with van der Waals surface area (Å²) in [4.78, 5) is 0. The van der Waals surface area contributed by atoms with E-state index in [-0.39, 0.29) is 0 Å². The van der Waals surface area contributed by atoms with Gasteiger partial charge < -0.3 is 10.7 Å². The molecule has 0 spiro atoms. The molecule has 0 aliphatic heterocycles.